The second-order valence-electron chi connectivity index (χ2n) is 7.74. The van der Waals surface area contributed by atoms with E-state index in [2.05, 4.69) is 22.2 Å². The Morgan fingerprint density at radius 2 is 2.13 bits per heavy atom. The fourth-order valence-corrected chi connectivity index (χ4v) is 3.85. The van der Waals surface area contributed by atoms with Gasteiger partial charge in [0.15, 0.2) is 0 Å². The summed E-state index contributed by atoms with van der Waals surface area (Å²) in [5.41, 5.74) is 1.69. The van der Waals surface area contributed by atoms with Gasteiger partial charge in [-0.1, -0.05) is 6.07 Å². The molecular weight excluding hydrogens is 420 g/mol. The standard InChI is InChI=1S/C18H23FN4O.C2HF3O2/c1-14-10-22(13-18(24-14)6-7-20-12-18)11-16-5-8-23(21-16)17-4-2-3-15(19)9-17;3-2(4,5)1(6)7/h2-5,8-9,14,20H,6-7,10-13H2,1H3;(H,6,7). The summed E-state index contributed by atoms with van der Waals surface area (Å²) < 4.78 is 53.1. The molecule has 2 N–H and O–H groups in total. The minimum Gasteiger partial charge on any atom is -0.475 e. The lowest BCUT2D eigenvalue weighted by atomic mass is 9.99. The van der Waals surface area contributed by atoms with Gasteiger partial charge in [0, 0.05) is 32.4 Å². The second-order valence-corrected chi connectivity index (χ2v) is 7.74. The van der Waals surface area contributed by atoms with Gasteiger partial charge in [-0.15, -0.1) is 0 Å². The summed E-state index contributed by atoms with van der Waals surface area (Å²) in [6, 6.07) is 8.50. The van der Waals surface area contributed by atoms with Gasteiger partial charge in [0.25, 0.3) is 0 Å². The number of aliphatic carboxylic acids is 1. The van der Waals surface area contributed by atoms with Crippen LogP contribution in [0.3, 0.4) is 0 Å². The van der Waals surface area contributed by atoms with Crippen LogP contribution >= 0.6 is 0 Å². The Kier molecular flexibility index (Phi) is 6.97. The van der Waals surface area contributed by atoms with Crippen LogP contribution in [-0.2, 0) is 16.1 Å². The number of morpholine rings is 1. The van der Waals surface area contributed by atoms with Crippen LogP contribution in [0.25, 0.3) is 5.69 Å². The molecule has 0 radical (unpaired) electrons. The predicted molar refractivity (Wildman–Crippen MR) is 103 cm³/mol. The maximum Gasteiger partial charge on any atom is 0.490 e. The van der Waals surface area contributed by atoms with Crippen LogP contribution in [0.2, 0.25) is 0 Å². The van der Waals surface area contributed by atoms with Gasteiger partial charge in [-0.25, -0.2) is 13.9 Å². The summed E-state index contributed by atoms with van der Waals surface area (Å²) in [4.78, 5) is 11.3. The van der Waals surface area contributed by atoms with E-state index in [1.165, 1.54) is 12.1 Å². The normalized spacial score (nSPS) is 24.1. The van der Waals surface area contributed by atoms with Crippen molar-refractivity contribution in [2.45, 2.75) is 37.8 Å². The van der Waals surface area contributed by atoms with Crippen molar-refractivity contribution in [1.29, 1.82) is 0 Å². The first kappa shape index (κ1) is 23.2. The van der Waals surface area contributed by atoms with Crippen molar-refractivity contribution >= 4 is 5.97 Å². The first-order valence-electron chi connectivity index (χ1n) is 9.78. The highest BCUT2D eigenvalue weighted by Crippen LogP contribution is 2.28. The first-order valence-corrected chi connectivity index (χ1v) is 9.78. The van der Waals surface area contributed by atoms with Crippen molar-refractivity contribution in [2.75, 3.05) is 26.2 Å². The lowest BCUT2D eigenvalue weighted by Crippen LogP contribution is -2.55. The van der Waals surface area contributed by atoms with Crippen molar-refractivity contribution in [3.8, 4) is 5.69 Å². The molecule has 2 unspecified atom stereocenters. The van der Waals surface area contributed by atoms with E-state index in [0.717, 1.165) is 50.5 Å². The summed E-state index contributed by atoms with van der Waals surface area (Å²) >= 11 is 0. The van der Waals surface area contributed by atoms with E-state index in [1.54, 1.807) is 10.7 Å². The Balaban J connectivity index is 0.000000339. The Bertz CT molecular complexity index is 897. The predicted octanol–water partition coefficient (Wildman–Crippen LogP) is 2.60. The highest BCUT2D eigenvalue weighted by Gasteiger charge is 2.41. The van der Waals surface area contributed by atoms with E-state index in [4.69, 9.17) is 14.6 Å². The number of carboxylic acid groups (broad SMARTS) is 1. The van der Waals surface area contributed by atoms with Gasteiger partial charge < -0.3 is 15.2 Å². The number of hydrogen-bond acceptors (Lipinski definition) is 5. The number of alkyl halides is 3. The van der Waals surface area contributed by atoms with Gasteiger partial charge in [-0.05, 0) is 44.2 Å². The summed E-state index contributed by atoms with van der Waals surface area (Å²) in [5.74, 6) is -3.00. The number of ether oxygens (including phenoxy) is 1. The molecule has 11 heteroatoms. The van der Waals surface area contributed by atoms with E-state index < -0.39 is 12.1 Å². The third-order valence-electron chi connectivity index (χ3n) is 5.03. The van der Waals surface area contributed by atoms with E-state index in [0.29, 0.717) is 0 Å². The average molecular weight is 444 g/mol. The van der Waals surface area contributed by atoms with Gasteiger partial charge in [-0.2, -0.15) is 18.3 Å². The number of hydrogen-bond donors (Lipinski definition) is 2. The molecule has 2 fully saturated rings. The third kappa shape index (κ3) is 6.25. The van der Waals surface area contributed by atoms with E-state index in [9.17, 15) is 17.6 Å². The van der Waals surface area contributed by atoms with Crippen LogP contribution in [0.15, 0.2) is 36.5 Å². The van der Waals surface area contributed by atoms with Gasteiger partial charge in [-0.3, -0.25) is 4.90 Å². The van der Waals surface area contributed by atoms with E-state index in [1.807, 2.05) is 18.3 Å². The highest BCUT2D eigenvalue weighted by atomic mass is 19.4. The first-order chi connectivity index (χ1) is 14.6. The quantitative estimate of drug-likeness (QED) is 0.709. The highest BCUT2D eigenvalue weighted by molar-refractivity contribution is 5.73. The summed E-state index contributed by atoms with van der Waals surface area (Å²) in [6.07, 6.45) is -1.91. The monoisotopic (exact) mass is 444 g/mol. The minimum atomic E-state index is -5.08. The topological polar surface area (TPSA) is 79.6 Å². The van der Waals surface area contributed by atoms with Crippen LogP contribution < -0.4 is 5.32 Å². The maximum atomic E-state index is 13.4. The summed E-state index contributed by atoms with van der Waals surface area (Å²) in [7, 11) is 0. The van der Waals surface area contributed by atoms with Crippen molar-refractivity contribution in [1.82, 2.24) is 20.0 Å². The molecule has 1 aromatic carbocycles. The Labute approximate surface area is 176 Å². The molecule has 0 aliphatic carbocycles. The number of rotatable bonds is 3. The molecule has 2 aliphatic heterocycles. The molecule has 4 rings (SSSR count). The van der Waals surface area contributed by atoms with E-state index >= 15 is 0 Å². The SMILES string of the molecule is CC1CN(Cc2ccn(-c3cccc(F)c3)n2)CC2(CCNC2)O1.O=C(O)C(F)(F)F. The Morgan fingerprint density at radius 3 is 2.74 bits per heavy atom. The molecule has 0 saturated carbocycles. The van der Waals surface area contributed by atoms with Crippen molar-refractivity contribution in [3.63, 3.8) is 0 Å². The molecule has 170 valence electrons. The number of nitrogens with one attached hydrogen (secondary N) is 1. The molecule has 0 amide bonds. The number of carboxylic acids is 1. The zero-order valence-corrected chi connectivity index (χ0v) is 16.9. The number of carbonyl (C=O) groups is 1. The molecular formula is C20H24F4N4O3. The molecule has 2 atom stereocenters. The Morgan fingerprint density at radius 1 is 1.39 bits per heavy atom. The van der Waals surface area contributed by atoms with Crippen LogP contribution in [0, 0.1) is 5.82 Å². The summed E-state index contributed by atoms with van der Waals surface area (Å²) in [6.45, 7) is 6.71. The van der Waals surface area contributed by atoms with Crippen LogP contribution in [0.5, 0.6) is 0 Å². The van der Waals surface area contributed by atoms with Crippen molar-refractivity contribution in [2.24, 2.45) is 0 Å². The maximum absolute atomic E-state index is 13.4. The fraction of sp³-hybridized carbons (Fsp3) is 0.500. The van der Waals surface area contributed by atoms with Crippen molar-refractivity contribution < 1.29 is 32.2 Å². The van der Waals surface area contributed by atoms with Gasteiger partial charge in [0.05, 0.1) is 23.1 Å². The number of nitrogens with zero attached hydrogens (tertiary/aromatic N) is 3. The lowest BCUT2D eigenvalue weighted by molar-refractivity contribution is -0.192. The average Bonchev–Trinajstić information content (AvgIpc) is 3.31. The smallest absolute Gasteiger partial charge is 0.475 e. The molecule has 0 bridgehead atoms. The van der Waals surface area contributed by atoms with Crippen LogP contribution in [0.4, 0.5) is 17.6 Å². The third-order valence-corrected chi connectivity index (χ3v) is 5.03. The number of benzene rings is 1. The minimum absolute atomic E-state index is 0.0528. The largest absolute Gasteiger partial charge is 0.490 e. The molecule has 2 aromatic rings. The lowest BCUT2D eigenvalue weighted by Gasteiger charge is -2.43. The van der Waals surface area contributed by atoms with E-state index in [-0.39, 0.29) is 17.5 Å². The zero-order chi connectivity index (χ0) is 22.6. The van der Waals surface area contributed by atoms with Gasteiger partial charge in [0.2, 0.25) is 0 Å². The van der Waals surface area contributed by atoms with Gasteiger partial charge >= 0.3 is 12.1 Å². The second kappa shape index (κ2) is 9.33. The fourth-order valence-electron chi connectivity index (χ4n) is 3.85. The molecule has 2 aliphatic rings. The molecule has 3 heterocycles. The zero-order valence-electron chi connectivity index (χ0n) is 16.9. The molecule has 7 nitrogen and oxygen atoms in total. The number of aromatic nitrogens is 2. The summed E-state index contributed by atoms with van der Waals surface area (Å²) in [5, 5.41) is 15.1. The van der Waals surface area contributed by atoms with Crippen LogP contribution in [-0.4, -0.2) is 69.8 Å². The number of halogens is 4. The molecule has 1 spiro atoms. The van der Waals surface area contributed by atoms with Crippen molar-refractivity contribution in [3.05, 3.63) is 48.0 Å². The van der Waals surface area contributed by atoms with Gasteiger partial charge in [0.1, 0.15) is 5.82 Å². The molecule has 1 aromatic heterocycles. The molecule has 2 saturated heterocycles. The Hall–Kier alpha value is -2.50. The van der Waals surface area contributed by atoms with Crippen LogP contribution in [0.1, 0.15) is 19.0 Å². The molecule has 31 heavy (non-hydrogen) atoms.